The SMILES string of the molecule is CCOC(=O)c1c(-c2ccc(OC)cc2)csc1NC(=O)CCC(=O)[O-]. The van der Waals surface area contributed by atoms with Gasteiger partial charge in [-0.05, 0) is 31.0 Å². The quantitative estimate of drug-likeness (QED) is 0.707. The Labute approximate surface area is 154 Å². The van der Waals surface area contributed by atoms with Gasteiger partial charge in [0.05, 0.1) is 13.7 Å². The number of anilines is 1. The summed E-state index contributed by atoms with van der Waals surface area (Å²) in [5, 5.41) is 15.1. The second-order valence-corrected chi connectivity index (χ2v) is 6.10. The summed E-state index contributed by atoms with van der Waals surface area (Å²) in [7, 11) is 1.56. The third kappa shape index (κ3) is 4.82. The van der Waals surface area contributed by atoms with Crippen molar-refractivity contribution >= 4 is 34.2 Å². The van der Waals surface area contributed by atoms with Gasteiger partial charge >= 0.3 is 5.97 Å². The molecule has 1 aromatic carbocycles. The van der Waals surface area contributed by atoms with Crippen molar-refractivity contribution in [3.8, 4) is 16.9 Å². The van der Waals surface area contributed by atoms with Crippen LogP contribution >= 0.6 is 11.3 Å². The molecule has 0 atom stereocenters. The van der Waals surface area contributed by atoms with Crippen LogP contribution < -0.4 is 15.2 Å². The Morgan fingerprint density at radius 2 is 1.85 bits per heavy atom. The van der Waals surface area contributed by atoms with Crippen LogP contribution in [0.25, 0.3) is 11.1 Å². The second kappa shape index (κ2) is 9.00. The molecule has 0 saturated carbocycles. The summed E-state index contributed by atoms with van der Waals surface area (Å²) in [5.74, 6) is -1.70. The molecule has 2 rings (SSSR count). The third-order valence-electron chi connectivity index (χ3n) is 3.48. The number of carbonyl (C=O) groups is 3. The lowest BCUT2D eigenvalue weighted by Gasteiger charge is -2.09. The van der Waals surface area contributed by atoms with E-state index in [1.54, 1.807) is 43.7 Å². The number of carbonyl (C=O) groups excluding carboxylic acids is 3. The first-order valence-corrected chi connectivity index (χ1v) is 8.77. The van der Waals surface area contributed by atoms with Crippen molar-refractivity contribution in [2.75, 3.05) is 19.0 Å². The van der Waals surface area contributed by atoms with Gasteiger partial charge in [0.1, 0.15) is 16.3 Å². The zero-order valence-corrected chi connectivity index (χ0v) is 15.2. The summed E-state index contributed by atoms with van der Waals surface area (Å²) in [6, 6.07) is 7.12. The zero-order valence-electron chi connectivity index (χ0n) is 14.4. The van der Waals surface area contributed by atoms with Crippen LogP contribution in [0, 0.1) is 0 Å². The molecule has 138 valence electrons. The molecular formula is C18H18NO6S-. The Bertz CT molecular complexity index is 797. The van der Waals surface area contributed by atoms with Crippen LogP contribution in [0.4, 0.5) is 5.00 Å². The zero-order chi connectivity index (χ0) is 19.1. The van der Waals surface area contributed by atoms with E-state index in [1.165, 1.54) is 11.3 Å². The first-order valence-electron chi connectivity index (χ1n) is 7.89. The monoisotopic (exact) mass is 376 g/mol. The molecule has 7 nitrogen and oxygen atoms in total. The molecule has 1 N–H and O–H groups in total. The van der Waals surface area contributed by atoms with Crippen molar-refractivity contribution in [1.29, 1.82) is 0 Å². The summed E-state index contributed by atoms with van der Waals surface area (Å²) in [6.07, 6.45) is -0.627. The summed E-state index contributed by atoms with van der Waals surface area (Å²) < 4.78 is 10.2. The number of esters is 1. The van der Waals surface area contributed by atoms with Crippen molar-refractivity contribution in [1.82, 2.24) is 0 Å². The maximum atomic E-state index is 12.4. The van der Waals surface area contributed by atoms with Crippen molar-refractivity contribution in [2.24, 2.45) is 0 Å². The predicted molar refractivity (Wildman–Crippen MR) is 95.1 cm³/mol. The molecule has 0 spiro atoms. The predicted octanol–water partition coefficient (Wildman–Crippen LogP) is 2.07. The largest absolute Gasteiger partial charge is 0.550 e. The van der Waals surface area contributed by atoms with Gasteiger partial charge in [-0.25, -0.2) is 4.79 Å². The van der Waals surface area contributed by atoms with E-state index in [1.807, 2.05) is 0 Å². The van der Waals surface area contributed by atoms with Crippen LogP contribution in [0.15, 0.2) is 29.6 Å². The molecule has 0 aliphatic carbocycles. The van der Waals surface area contributed by atoms with Crippen LogP contribution in [0.1, 0.15) is 30.1 Å². The Morgan fingerprint density at radius 3 is 2.42 bits per heavy atom. The van der Waals surface area contributed by atoms with Crippen molar-refractivity contribution in [3.63, 3.8) is 0 Å². The lowest BCUT2D eigenvalue weighted by atomic mass is 10.0. The minimum atomic E-state index is -1.31. The molecular weight excluding hydrogens is 358 g/mol. The average Bonchev–Trinajstić information content (AvgIpc) is 3.03. The Morgan fingerprint density at radius 1 is 1.15 bits per heavy atom. The number of nitrogens with one attached hydrogen (secondary N) is 1. The Balaban J connectivity index is 2.33. The minimum Gasteiger partial charge on any atom is -0.550 e. The number of hydrogen-bond acceptors (Lipinski definition) is 7. The number of carboxylic acid groups (broad SMARTS) is 1. The van der Waals surface area contributed by atoms with Crippen molar-refractivity contribution in [3.05, 3.63) is 35.2 Å². The summed E-state index contributed by atoms with van der Waals surface area (Å²) in [5.41, 5.74) is 1.62. The highest BCUT2D eigenvalue weighted by atomic mass is 32.1. The number of carboxylic acids is 1. The first-order chi connectivity index (χ1) is 12.5. The molecule has 1 heterocycles. The molecule has 1 aromatic heterocycles. The molecule has 0 unspecified atom stereocenters. The highest BCUT2D eigenvalue weighted by Crippen LogP contribution is 2.37. The van der Waals surface area contributed by atoms with Gasteiger partial charge < -0.3 is 24.7 Å². The maximum absolute atomic E-state index is 12.4. The summed E-state index contributed by atoms with van der Waals surface area (Å²) in [4.78, 5) is 34.8. The van der Waals surface area contributed by atoms with Gasteiger partial charge in [0.15, 0.2) is 0 Å². The molecule has 0 bridgehead atoms. The molecule has 0 aliphatic heterocycles. The minimum absolute atomic E-state index is 0.189. The number of ether oxygens (including phenoxy) is 2. The van der Waals surface area contributed by atoms with Crippen LogP contribution in [-0.4, -0.2) is 31.6 Å². The lowest BCUT2D eigenvalue weighted by molar-refractivity contribution is -0.305. The van der Waals surface area contributed by atoms with E-state index in [0.29, 0.717) is 16.3 Å². The van der Waals surface area contributed by atoms with Gasteiger partial charge in [-0.1, -0.05) is 12.1 Å². The van der Waals surface area contributed by atoms with Crippen molar-refractivity contribution < 1.29 is 29.0 Å². The van der Waals surface area contributed by atoms with E-state index in [-0.39, 0.29) is 18.6 Å². The maximum Gasteiger partial charge on any atom is 0.341 e. The van der Waals surface area contributed by atoms with Crippen LogP contribution in [0.2, 0.25) is 0 Å². The van der Waals surface area contributed by atoms with E-state index in [9.17, 15) is 19.5 Å². The first kappa shape index (κ1) is 19.5. The molecule has 2 aromatic rings. The topological polar surface area (TPSA) is 105 Å². The van der Waals surface area contributed by atoms with Crippen LogP contribution in [0.5, 0.6) is 5.75 Å². The van der Waals surface area contributed by atoms with Gasteiger partial charge in [0, 0.05) is 23.3 Å². The number of hydrogen-bond donors (Lipinski definition) is 1. The van der Waals surface area contributed by atoms with E-state index < -0.39 is 24.3 Å². The fourth-order valence-electron chi connectivity index (χ4n) is 2.24. The van der Waals surface area contributed by atoms with Gasteiger partial charge in [0.2, 0.25) is 5.91 Å². The second-order valence-electron chi connectivity index (χ2n) is 5.22. The van der Waals surface area contributed by atoms with E-state index in [4.69, 9.17) is 9.47 Å². The smallest absolute Gasteiger partial charge is 0.341 e. The molecule has 0 fully saturated rings. The number of amides is 1. The lowest BCUT2D eigenvalue weighted by Crippen LogP contribution is -2.24. The van der Waals surface area contributed by atoms with Gasteiger partial charge in [-0.2, -0.15) is 0 Å². The number of thiophene rings is 1. The van der Waals surface area contributed by atoms with Gasteiger partial charge in [-0.3, -0.25) is 4.79 Å². The van der Waals surface area contributed by atoms with Crippen LogP contribution in [0.3, 0.4) is 0 Å². The number of benzene rings is 1. The fraction of sp³-hybridized carbons (Fsp3) is 0.278. The Kier molecular flexibility index (Phi) is 6.74. The van der Waals surface area contributed by atoms with Crippen LogP contribution in [-0.2, 0) is 14.3 Å². The fourth-order valence-corrected chi connectivity index (χ4v) is 3.22. The Hall–Kier alpha value is -2.87. The molecule has 1 amide bonds. The van der Waals surface area contributed by atoms with Gasteiger partial charge in [0.25, 0.3) is 0 Å². The number of aliphatic carboxylic acids is 1. The standard InChI is InChI=1S/C18H19NO6S/c1-3-25-18(23)16-13(11-4-6-12(24-2)7-5-11)10-26-17(16)19-14(20)8-9-15(21)22/h4-7,10H,3,8-9H2,1-2H3,(H,19,20)(H,21,22)/p-1. The van der Waals surface area contributed by atoms with Crippen molar-refractivity contribution in [2.45, 2.75) is 19.8 Å². The average molecular weight is 376 g/mol. The summed E-state index contributed by atoms with van der Waals surface area (Å²) >= 11 is 1.17. The highest BCUT2D eigenvalue weighted by molar-refractivity contribution is 7.15. The molecule has 8 heteroatoms. The van der Waals surface area contributed by atoms with E-state index >= 15 is 0 Å². The third-order valence-corrected chi connectivity index (χ3v) is 4.38. The van der Waals surface area contributed by atoms with E-state index in [0.717, 1.165) is 5.56 Å². The molecule has 26 heavy (non-hydrogen) atoms. The molecule has 0 saturated heterocycles. The summed E-state index contributed by atoms with van der Waals surface area (Å²) in [6.45, 7) is 1.88. The molecule has 0 radical (unpaired) electrons. The normalized spacial score (nSPS) is 10.2. The number of methoxy groups -OCH3 is 1. The molecule has 0 aliphatic rings. The number of rotatable bonds is 8. The van der Waals surface area contributed by atoms with Gasteiger partial charge in [-0.15, -0.1) is 11.3 Å². The van der Waals surface area contributed by atoms with E-state index in [2.05, 4.69) is 5.32 Å². The highest BCUT2D eigenvalue weighted by Gasteiger charge is 2.22.